The van der Waals surface area contributed by atoms with Crippen molar-refractivity contribution in [2.45, 2.75) is 0 Å². The van der Waals surface area contributed by atoms with Gasteiger partial charge in [-0.15, -0.1) is 5.10 Å². The van der Waals surface area contributed by atoms with Gasteiger partial charge in [0.1, 0.15) is 11.5 Å². The van der Waals surface area contributed by atoms with E-state index in [1.165, 1.54) is 0 Å². The van der Waals surface area contributed by atoms with Crippen molar-refractivity contribution in [1.29, 1.82) is 0 Å². The van der Waals surface area contributed by atoms with Gasteiger partial charge < -0.3 is 10.2 Å². The van der Waals surface area contributed by atoms with Crippen LogP contribution in [0.3, 0.4) is 0 Å². The lowest BCUT2D eigenvalue weighted by atomic mass is 10.1. The van der Waals surface area contributed by atoms with Gasteiger partial charge in [0.25, 0.3) is 0 Å². The van der Waals surface area contributed by atoms with E-state index in [9.17, 15) is 0 Å². The van der Waals surface area contributed by atoms with Crippen LogP contribution in [0.25, 0.3) is 28.2 Å². The number of hydrogen-bond donors (Lipinski definition) is 1. The molecule has 1 aliphatic heterocycles. The molecule has 0 amide bonds. The largest absolute Gasteiger partial charge is 0.353 e. The lowest BCUT2D eigenvalue weighted by molar-refractivity contribution is 0.582. The van der Waals surface area contributed by atoms with E-state index in [1.54, 1.807) is 0 Å². The average Bonchev–Trinajstić information content (AvgIpc) is 3.14. The van der Waals surface area contributed by atoms with Crippen LogP contribution in [-0.4, -0.2) is 45.8 Å². The van der Waals surface area contributed by atoms with Gasteiger partial charge in [0.05, 0.1) is 5.69 Å². The second-order valence-electron chi connectivity index (χ2n) is 6.61. The van der Waals surface area contributed by atoms with Crippen LogP contribution in [0.15, 0.2) is 67.0 Å². The molecule has 1 aromatic carbocycles. The van der Waals surface area contributed by atoms with Gasteiger partial charge in [-0.2, -0.15) is 0 Å². The zero-order chi connectivity index (χ0) is 18.1. The second-order valence-corrected chi connectivity index (χ2v) is 6.61. The van der Waals surface area contributed by atoms with E-state index < -0.39 is 0 Å². The average molecular weight is 356 g/mol. The highest BCUT2D eigenvalue weighted by Gasteiger charge is 2.19. The van der Waals surface area contributed by atoms with Crippen LogP contribution in [0.2, 0.25) is 0 Å². The Morgan fingerprint density at radius 2 is 1.59 bits per heavy atom. The van der Waals surface area contributed by atoms with Crippen molar-refractivity contribution in [1.82, 2.24) is 24.9 Å². The molecule has 1 saturated heterocycles. The number of aromatic nitrogens is 4. The van der Waals surface area contributed by atoms with E-state index >= 15 is 0 Å². The number of anilines is 1. The van der Waals surface area contributed by atoms with E-state index in [4.69, 9.17) is 10.1 Å². The number of hydrogen-bond acceptors (Lipinski definition) is 5. The predicted octanol–water partition coefficient (Wildman–Crippen LogP) is 2.87. The van der Waals surface area contributed by atoms with Crippen molar-refractivity contribution in [2.75, 3.05) is 31.1 Å². The Morgan fingerprint density at radius 3 is 2.37 bits per heavy atom. The molecule has 6 nitrogen and oxygen atoms in total. The summed E-state index contributed by atoms with van der Waals surface area (Å²) in [5, 5.41) is 8.34. The third-order valence-corrected chi connectivity index (χ3v) is 4.91. The van der Waals surface area contributed by atoms with Gasteiger partial charge in [-0.1, -0.05) is 30.3 Å². The van der Waals surface area contributed by atoms with Crippen LogP contribution in [0.1, 0.15) is 0 Å². The Hall–Kier alpha value is -3.25. The topological polar surface area (TPSA) is 58.4 Å². The molecule has 1 fully saturated rings. The van der Waals surface area contributed by atoms with Gasteiger partial charge >= 0.3 is 0 Å². The van der Waals surface area contributed by atoms with Crippen LogP contribution in [0.4, 0.5) is 5.82 Å². The Bertz CT molecular complexity index is 1050. The fourth-order valence-corrected chi connectivity index (χ4v) is 3.55. The first-order chi connectivity index (χ1) is 13.4. The Morgan fingerprint density at radius 1 is 0.815 bits per heavy atom. The zero-order valence-corrected chi connectivity index (χ0v) is 14.9. The van der Waals surface area contributed by atoms with E-state index in [0.717, 1.165) is 60.2 Å². The van der Waals surface area contributed by atoms with Crippen LogP contribution in [-0.2, 0) is 0 Å². The lowest BCUT2D eigenvalue weighted by Gasteiger charge is -2.28. The normalized spacial score (nSPS) is 14.6. The summed E-state index contributed by atoms with van der Waals surface area (Å²) in [5.41, 5.74) is 4.92. The van der Waals surface area contributed by atoms with Crippen LogP contribution in [0.5, 0.6) is 0 Å². The molecular formula is C21H20N6. The van der Waals surface area contributed by atoms with E-state index in [-0.39, 0.29) is 0 Å². The molecule has 1 aliphatic rings. The SMILES string of the molecule is c1ccc(-c2nc3ccc(N4CCNCC4)nn3c2-c2ccncc2)cc1. The molecule has 0 atom stereocenters. The summed E-state index contributed by atoms with van der Waals surface area (Å²) >= 11 is 0. The van der Waals surface area contributed by atoms with E-state index in [2.05, 4.69) is 39.5 Å². The third-order valence-electron chi connectivity index (χ3n) is 4.91. The minimum absolute atomic E-state index is 0.847. The molecule has 4 heterocycles. The summed E-state index contributed by atoms with van der Waals surface area (Å²) in [4.78, 5) is 11.4. The maximum Gasteiger partial charge on any atom is 0.155 e. The molecule has 0 unspecified atom stereocenters. The first-order valence-electron chi connectivity index (χ1n) is 9.21. The number of imidazole rings is 1. The van der Waals surface area contributed by atoms with Crippen LogP contribution >= 0.6 is 0 Å². The summed E-state index contributed by atoms with van der Waals surface area (Å²) in [7, 11) is 0. The van der Waals surface area contributed by atoms with Crippen LogP contribution < -0.4 is 10.2 Å². The quantitative estimate of drug-likeness (QED) is 0.612. The molecular weight excluding hydrogens is 336 g/mol. The maximum atomic E-state index is 4.95. The highest BCUT2D eigenvalue weighted by molar-refractivity contribution is 5.81. The summed E-state index contributed by atoms with van der Waals surface area (Å²) < 4.78 is 1.97. The molecule has 5 rings (SSSR count). The number of benzene rings is 1. The summed E-state index contributed by atoms with van der Waals surface area (Å²) in [5.74, 6) is 0.983. The number of nitrogens with zero attached hydrogens (tertiary/aromatic N) is 5. The molecule has 1 N–H and O–H groups in total. The van der Waals surface area contributed by atoms with Crippen molar-refractivity contribution < 1.29 is 0 Å². The molecule has 3 aromatic heterocycles. The van der Waals surface area contributed by atoms with E-state index in [1.807, 2.05) is 47.2 Å². The molecule has 0 radical (unpaired) electrons. The summed E-state index contributed by atoms with van der Waals surface area (Å²) in [6, 6.07) is 18.4. The minimum atomic E-state index is 0.847. The summed E-state index contributed by atoms with van der Waals surface area (Å²) in [6.07, 6.45) is 3.62. The van der Waals surface area contributed by atoms with Gasteiger partial charge in [0.2, 0.25) is 0 Å². The highest BCUT2D eigenvalue weighted by atomic mass is 15.3. The van der Waals surface area contributed by atoms with Crippen molar-refractivity contribution in [2.24, 2.45) is 0 Å². The third kappa shape index (κ3) is 2.94. The van der Waals surface area contributed by atoms with Crippen molar-refractivity contribution >= 4 is 11.5 Å². The first-order valence-corrected chi connectivity index (χ1v) is 9.21. The van der Waals surface area contributed by atoms with Crippen molar-refractivity contribution in [3.05, 3.63) is 67.0 Å². The smallest absolute Gasteiger partial charge is 0.155 e. The lowest BCUT2D eigenvalue weighted by Crippen LogP contribution is -2.44. The number of piperazine rings is 1. The van der Waals surface area contributed by atoms with Gasteiger partial charge in [-0.05, 0) is 24.3 Å². The fourth-order valence-electron chi connectivity index (χ4n) is 3.55. The first kappa shape index (κ1) is 16.0. The Kier molecular flexibility index (Phi) is 4.03. The fraction of sp³-hybridized carbons (Fsp3) is 0.190. The number of pyridine rings is 1. The van der Waals surface area contributed by atoms with Crippen molar-refractivity contribution in [3.63, 3.8) is 0 Å². The minimum Gasteiger partial charge on any atom is -0.353 e. The maximum absolute atomic E-state index is 4.95. The van der Waals surface area contributed by atoms with Gasteiger partial charge in [0.15, 0.2) is 5.65 Å². The molecule has 0 spiro atoms. The molecule has 6 heteroatoms. The van der Waals surface area contributed by atoms with Gasteiger partial charge in [0, 0.05) is 49.7 Å². The number of rotatable bonds is 3. The van der Waals surface area contributed by atoms with Gasteiger partial charge in [-0.25, -0.2) is 9.50 Å². The monoisotopic (exact) mass is 356 g/mol. The van der Waals surface area contributed by atoms with Crippen LogP contribution in [0, 0.1) is 0 Å². The summed E-state index contributed by atoms with van der Waals surface area (Å²) in [6.45, 7) is 3.89. The van der Waals surface area contributed by atoms with Gasteiger partial charge in [-0.3, -0.25) is 4.98 Å². The number of nitrogens with one attached hydrogen (secondary N) is 1. The number of fused-ring (bicyclic) bond motifs is 1. The Labute approximate surface area is 157 Å². The highest BCUT2D eigenvalue weighted by Crippen LogP contribution is 2.32. The Balaban J connectivity index is 1.72. The second kappa shape index (κ2) is 6.81. The molecule has 0 saturated carbocycles. The van der Waals surface area contributed by atoms with Crippen molar-refractivity contribution in [3.8, 4) is 22.5 Å². The van der Waals surface area contributed by atoms with E-state index in [0.29, 0.717) is 0 Å². The molecule has 27 heavy (non-hydrogen) atoms. The predicted molar refractivity (Wildman–Crippen MR) is 107 cm³/mol. The standard InChI is InChI=1S/C21H20N6/c1-2-4-16(5-3-1)20-21(17-8-10-22-11-9-17)27-18(24-20)6-7-19(25-27)26-14-12-23-13-15-26/h1-11,23H,12-15H2. The molecule has 0 aliphatic carbocycles. The molecule has 134 valence electrons. The zero-order valence-electron chi connectivity index (χ0n) is 14.9. The molecule has 4 aromatic rings. The molecule has 0 bridgehead atoms.